The third-order valence-electron chi connectivity index (χ3n) is 3.49. The molecule has 0 radical (unpaired) electrons. The number of alkyl halides is 2. The van der Waals surface area contributed by atoms with Gasteiger partial charge in [0.2, 0.25) is 0 Å². The van der Waals surface area contributed by atoms with Crippen LogP contribution in [0.25, 0.3) is 0 Å². The third-order valence-corrected chi connectivity index (χ3v) is 4.21. The molecule has 0 spiro atoms. The molecule has 1 atom stereocenters. The van der Waals surface area contributed by atoms with E-state index in [0.717, 1.165) is 18.6 Å². The summed E-state index contributed by atoms with van der Waals surface area (Å²) in [6.45, 7) is 4.12. The monoisotopic (exact) mass is 263 g/mol. The topological polar surface area (TPSA) is 12.4 Å². The summed E-state index contributed by atoms with van der Waals surface area (Å²) in [5, 5.41) is 0. The minimum Gasteiger partial charge on any atom is -0.289 e. The highest BCUT2D eigenvalue weighted by molar-refractivity contribution is 6.35. The maximum atomic E-state index is 6.50. The zero-order chi connectivity index (χ0) is 12.0. The van der Waals surface area contributed by atoms with Crippen LogP contribution in [0.4, 0.5) is 0 Å². The van der Waals surface area contributed by atoms with Crippen LogP contribution in [0.3, 0.4) is 0 Å². The first-order valence-corrected chi connectivity index (χ1v) is 7.27. The second-order valence-corrected chi connectivity index (χ2v) is 6.21. The predicted molar refractivity (Wildman–Crippen MR) is 74.2 cm³/mol. The summed E-state index contributed by atoms with van der Waals surface area (Å²) in [5.74, 6) is 0.680. The van der Waals surface area contributed by atoms with Crippen molar-refractivity contribution >= 4 is 28.9 Å². The summed E-state index contributed by atoms with van der Waals surface area (Å²) in [7, 11) is 0. The number of hydrogen-bond acceptors (Lipinski definition) is 1. The molecule has 1 nitrogen and oxygen atoms in total. The Morgan fingerprint density at radius 2 is 1.94 bits per heavy atom. The molecule has 94 valence electrons. The number of halogens is 2. The SMILES string of the molecule is CC(=NC1CCCCC1)C(C)(Cl)CCCCl. The molecule has 1 fully saturated rings. The Morgan fingerprint density at radius 3 is 2.50 bits per heavy atom. The van der Waals surface area contributed by atoms with Gasteiger partial charge in [-0.15, -0.1) is 23.2 Å². The summed E-state index contributed by atoms with van der Waals surface area (Å²) in [6.07, 6.45) is 8.36. The van der Waals surface area contributed by atoms with Crippen molar-refractivity contribution in [2.45, 2.75) is 69.7 Å². The normalized spacial score (nSPS) is 23.1. The lowest BCUT2D eigenvalue weighted by atomic mass is 9.94. The fourth-order valence-electron chi connectivity index (χ4n) is 2.20. The van der Waals surface area contributed by atoms with E-state index >= 15 is 0 Å². The second kappa shape index (κ2) is 6.86. The molecule has 1 rings (SSSR count). The molecule has 0 bridgehead atoms. The van der Waals surface area contributed by atoms with Crippen LogP contribution < -0.4 is 0 Å². The fourth-order valence-corrected chi connectivity index (χ4v) is 2.51. The molecule has 0 amide bonds. The zero-order valence-electron chi connectivity index (χ0n) is 10.4. The highest BCUT2D eigenvalue weighted by Gasteiger charge is 2.25. The van der Waals surface area contributed by atoms with Crippen molar-refractivity contribution in [3.8, 4) is 0 Å². The Bertz CT molecular complexity index is 230. The highest BCUT2D eigenvalue weighted by Crippen LogP contribution is 2.26. The van der Waals surface area contributed by atoms with E-state index in [1.165, 1.54) is 32.1 Å². The molecule has 0 aromatic rings. The number of nitrogens with zero attached hydrogens (tertiary/aromatic N) is 1. The Balaban J connectivity index is 2.52. The van der Waals surface area contributed by atoms with E-state index in [1.54, 1.807) is 0 Å². The van der Waals surface area contributed by atoms with Gasteiger partial charge in [-0.2, -0.15) is 0 Å². The summed E-state index contributed by atoms with van der Waals surface area (Å²) in [4.78, 5) is 4.50. The van der Waals surface area contributed by atoms with Gasteiger partial charge >= 0.3 is 0 Å². The van der Waals surface area contributed by atoms with Crippen LogP contribution in [0.2, 0.25) is 0 Å². The van der Waals surface area contributed by atoms with Crippen molar-refractivity contribution in [1.82, 2.24) is 0 Å². The van der Waals surface area contributed by atoms with Crippen molar-refractivity contribution in [1.29, 1.82) is 0 Å². The molecule has 1 aliphatic carbocycles. The standard InChI is InChI=1S/C13H23Cl2N/c1-11(13(2,15)9-6-10-14)16-12-7-4-3-5-8-12/h12H,3-10H2,1-2H3. The van der Waals surface area contributed by atoms with Crippen LogP contribution in [0.15, 0.2) is 4.99 Å². The molecule has 1 unspecified atom stereocenters. The van der Waals surface area contributed by atoms with Crippen molar-refractivity contribution in [2.24, 2.45) is 4.99 Å². The number of rotatable bonds is 5. The van der Waals surface area contributed by atoms with Crippen molar-refractivity contribution < 1.29 is 0 Å². The summed E-state index contributed by atoms with van der Waals surface area (Å²) >= 11 is 12.2. The van der Waals surface area contributed by atoms with Gasteiger partial charge in [-0.05, 0) is 39.5 Å². The van der Waals surface area contributed by atoms with Crippen LogP contribution in [-0.2, 0) is 0 Å². The van der Waals surface area contributed by atoms with Crippen LogP contribution in [0.1, 0.15) is 58.8 Å². The van der Waals surface area contributed by atoms with Crippen LogP contribution in [0.5, 0.6) is 0 Å². The lowest BCUT2D eigenvalue weighted by Crippen LogP contribution is -2.28. The predicted octanol–water partition coefficient (Wildman–Crippen LogP) is 4.80. The average Bonchev–Trinajstić information content (AvgIpc) is 2.28. The van der Waals surface area contributed by atoms with E-state index in [2.05, 4.69) is 13.8 Å². The van der Waals surface area contributed by atoms with E-state index in [9.17, 15) is 0 Å². The molecule has 3 heteroatoms. The van der Waals surface area contributed by atoms with Gasteiger partial charge in [-0.1, -0.05) is 19.3 Å². The average molecular weight is 264 g/mol. The highest BCUT2D eigenvalue weighted by atomic mass is 35.5. The first kappa shape index (κ1) is 14.3. The van der Waals surface area contributed by atoms with Gasteiger partial charge in [0, 0.05) is 17.6 Å². The van der Waals surface area contributed by atoms with Gasteiger partial charge in [0.05, 0.1) is 4.87 Å². The molecule has 0 N–H and O–H groups in total. The molecule has 0 aliphatic heterocycles. The molecule has 0 aromatic heterocycles. The van der Waals surface area contributed by atoms with Gasteiger partial charge in [-0.25, -0.2) is 0 Å². The van der Waals surface area contributed by atoms with E-state index < -0.39 is 0 Å². The van der Waals surface area contributed by atoms with Gasteiger partial charge in [0.1, 0.15) is 0 Å². The van der Waals surface area contributed by atoms with Crippen molar-refractivity contribution in [2.75, 3.05) is 5.88 Å². The first-order chi connectivity index (χ1) is 7.56. The Labute approximate surface area is 110 Å². The number of aliphatic imine (C=N–C) groups is 1. The Hall–Kier alpha value is 0.250. The van der Waals surface area contributed by atoms with Crippen molar-refractivity contribution in [3.05, 3.63) is 0 Å². The number of hydrogen-bond donors (Lipinski definition) is 0. The van der Waals surface area contributed by atoms with Gasteiger partial charge < -0.3 is 0 Å². The first-order valence-electron chi connectivity index (χ1n) is 6.36. The maximum Gasteiger partial charge on any atom is 0.0792 e. The van der Waals surface area contributed by atoms with Crippen molar-refractivity contribution in [3.63, 3.8) is 0 Å². The maximum absolute atomic E-state index is 6.50. The molecule has 0 aromatic carbocycles. The smallest absolute Gasteiger partial charge is 0.0792 e. The molecular weight excluding hydrogens is 241 g/mol. The molecule has 16 heavy (non-hydrogen) atoms. The zero-order valence-corrected chi connectivity index (χ0v) is 11.9. The van der Waals surface area contributed by atoms with Gasteiger partial charge in [0.15, 0.2) is 0 Å². The minimum absolute atomic E-state index is 0.299. The Morgan fingerprint density at radius 1 is 1.31 bits per heavy atom. The molecule has 1 aliphatic rings. The summed E-state index contributed by atoms with van der Waals surface area (Å²) in [6, 6.07) is 0.517. The van der Waals surface area contributed by atoms with E-state index in [4.69, 9.17) is 28.2 Å². The fraction of sp³-hybridized carbons (Fsp3) is 0.923. The summed E-state index contributed by atoms with van der Waals surface area (Å²) in [5.41, 5.74) is 1.09. The van der Waals surface area contributed by atoms with Crippen LogP contribution in [0, 0.1) is 0 Å². The van der Waals surface area contributed by atoms with E-state index in [0.29, 0.717) is 11.9 Å². The van der Waals surface area contributed by atoms with E-state index in [-0.39, 0.29) is 4.87 Å². The Kier molecular flexibility index (Phi) is 6.13. The largest absolute Gasteiger partial charge is 0.289 e. The summed E-state index contributed by atoms with van der Waals surface area (Å²) < 4.78 is 0. The van der Waals surface area contributed by atoms with Crippen LogP contribution >= 0.6 is 23.2 Å². The molecule has 1 saturated carbocycles. The lowest BCUT2D eigenvalue weighted by Gasteiger charge is -2.25. The third kappa shape index (κ3) is 4.63. The minimum atomic E-state index is -0.299. The van der Waals surface area contributed by atoms with E-state index in [1.807, 2.05) is 0 Å². The van der Waals surface area contributed by atoms with Crippen LogP contribution in [-0.4, -0.2) is 22.5 Å². The van der Waals surface area contributed by atoms with Gasteiger partial charge in [0.25, 0.3) is 0 Å². The quantitative estimate of drug-likeness (QED) is 0.499. The van der Waals surface area contributed by atoms with Gasteiger partial charge in [-0.3, -0.25) is 4.99 Å². The molecular formula is C13H23Cl2N. The molecule has 0 saturated heterocycles. The lowest BCUT2D eigenvalue weighted by molar-refractivity contribution is 0.441. The second-order valence-electron chi connectivity index (χ2n) is 5.00. The molecule has 0 heterocycles.